The van der Waals surface area contributed by atoms with Crippen LogP contribution >= 0.6 is 0 Å². The molecule has 0 amide bonds. The van der Waals surface area contributed by atoms with Crippen LogP contribution in [0.4, 0.5) is 10.2 Å². The van der Waals surface area contributed by atoms with E-state index in [0.717, 1.165) is 24.4 Å². The first-order valence-electron chi connectivity index (χ1n) is 7.14. The number of fused-ring (bicyclic) bond motifs is 1. The highest BCUT2D eigenvalue weighted by molar-refractivity contribution is 5.47. The summed E-state index contributed by atoms with van der Waals surface area (Å²) in [6, 6.07) is 6.83. The fourth-order valence-corrected chi connectivity index (χ4v) is 2.67. The zero-order chi connectivity index (χ0) is 13.8. The van der Waals surface area contributed by atoms with Gasteiger partial charge >= 0.3 is 0 Å². The number of nitrogens with one attached hydrogen (secondary N) is 1. The molecule has 0 saturated heterocycles. The SMILES string of the molecule is Fc1ccccc1CNc1ncnc2c1CCCCC2. The van der Waals surface area contributed by atoms with Gasteiger partial charge in [-0.2, -0.15) is 0 Å². The van der Waals surface area contributed by atoms with E-state index >= 15 is 0 Å². The maximum Gasteiger partial charge on any atom is 0.133 e. The van der Waals surface area contributed by atoms with E-state index < -0.39 is 0 Å². The molecule has 1 N–H and O–H groups in total. The molecule has 0 bridgehead atoms. The van der Waals surface area contributed by atoms with Crippen molar-refractivity contribution in [1.82, 2.24) is 9.97 Å². The molecule has 0 radical (unpaired) electrons. The lowest BCUT2D eigenvalue weighted by atomic mass is 10.1. The molecule has 1 aromatic carbocycles. The summed E-state index contributed by atoms with van der Waals surface area (Å²) in [6.07, 6.45) is 7.24. The van der Waals surface area contributed by atoms with E-state index in [9.17, 15) is 4.39 Å². The Morgan fingerprint density at radius 2 is 1.90 bits per heavy atom. The number of aryl methyl sites for hydroxylation is 1. The van der Waals surface area contributed by atoms with Crippen molar-refractivity contribution in [2.45, 2.75) is 38.6 Å². The zero-order valence-electron chi connectivity index (χ0n) is 11.4. The maximum absolute atomic E-state index is 13.6. The second-order valence-corrected chi connectivity index (χ2v) is 5.15. The standard InChI is InChI=1S/C16H18FN3/c17-14-8-5-4-6-12(14)10-18-16-13-7-2-1-3-9-15(13)19-11-20-16/h4-6,8,11H,1-3,7,9-10H2,(H,18,19,20). The van der Waals surface area contributed by atoms with E-state index in [2.05, 4.69) is 15.3 Å². The lowest BCUT2D eigenvalue weighted by molar-refractivity contribution is 0.612. The number of benzene rings is 1. The Labute approximate surface area is 118 Å². The maximum atomic E-state index is 13.6. The predicted molar refractivity (Wildman–Crippen MR) is 77.0 cm³/mol. The Kier molecular flexibility index (Phi) is 3.90. The van der Waals surface area contributed by atoms with Gasteiger partial charge in [0.2, 0.25) is 0 Å². The molecule has 2 aromatic rings. The highest BCUT2D eigenvalue weighted by Crippen LogP contribution is 2.24. The topological polar surface area (TPSA) is 37.8 Å². The molecule has 20 heavy (non-hydrogen) atoms. The third-order valence-electron chi connectivity index (χ3n) is 3.78. The first-order valence-corrected chi connectivity index (χ1v) is 7.14. The average Bonchev–Trinajstić information content (AvgIpc) is 2.72. The highest BCUT2D eigenvalue weighted by atomic mass is 19.1. The van der Waals surface area contributed by atoms with Gasteiger partial charge in [-0.15, -0.1) is 0 Å². The van der Waals surface area contributed by atoms with Crippen LogP contribution in [0.15, 0.2) is 30.6 Å². The fourth-order valence-electron chi connectivity index (χ4n) is 2.67. The van der Waals surface area contributed by atoms with Crippen LogP contribution in [0.25, 0.3) is 0 Å². The lowest BCUT2D eigenvalue weighted by Gasteiger charge is -2.12. The van der Waals surface area contributed by atoms with Crippen LogP contribution in [0.3, 0.4) is 0 Å². The van der Waals surface area contributed by atoms with Gasteiger partial charge in [-0.3, -0.25) is 0 Å². The average molecular weight is 271 g/mol. The monoisotopic (exact) mass is 271 g/mol. The smallest absolute Gasteiger partial charge is 0.133 e. The van der Waals surface area contributed by atoms with Gasteiger partial charge in [-0.1, -0.05) is 24.6 Å². The third-order valence-corrected chi connectivity index (χ3v) is 3.78. The van der Waals surface area contributed by atoms with Gasteiger partial charge in [-0.05, 0) is 31.7 Å². The van der Waals surface area contributed by atoms with E-state index in [4.69, 9.17) is 0 Å². The Balaban J connectivity index is 1.80. The molecule has 1 aliphatic rings. The van der Waals surface area contributed by atoms with Crippen LogP contribution in [-0.4, -0.2) is 9.97 Å². The van der Waals surface area contributed by atoms with Crippen LogP contribution < -0.4 is 5.32 Å². The van der Waals surface area contributed by atoms with E-state index in [-0.39, 0.29) is 5.82 Å². The summed E-state index contributed by atoms with van der Waals surface area (Å²) in [7, 11) is 0. The van der Waals surface area contributed by atoms with Crippen LogP contribution in [0.1, 0.15) is 36.1 Å². The summed E-state index contributed by atoms with van der Waals surface area (Å²) in [6.45, 7) is 0.454. The van der Waals surface area contributed by atoms with Crippen LogP contribution in [0.2, 0.25) is 0 Å². The molecule has 0 atom stereocenters. The van der Waals surface area contributed by atoms with Crippen molar-refractivity contribution in [2.24, 2.45) is 0 Å². The Hall–Kier alpha value is -1.97. The number of hydrogen-bond donors (Lipinski definition) is 1. The number of halogens is 1. The second-order valence-electron chi connectivity index (χ2n) is 5.15. The molecular formula is C16H18FN3. The van der Waals surface area contributed by atoms with Crippen LogP contribution in [-0.2, 0) is 19.4 Å². The quantitative estimate of drug-likeness (QED) is 0.868. The lowest BCUT2D eigenvalue weighted by Crippen LogP contribution is -2.08. The molecule has 0 aliphatic heterocycles. The summed E-state index contributed by atoms with van der Waals surface area (Å²) < 4.78 is 13.6. The van der Waals surface area contributed by atoms with Gasteiger partial charge in [0.05, 0.1) is 0 Å². The number of anilines is 1. The van der Waals surface area contributed by atoms with E-state index in [1.165, 1.54) is 30.9 Å². The Morgan fingerprint density at radius 1 is 1.05 bits per heavy atom. The Morgan fingerprint density at radius 3 is 2.80 bits per heavy atom. The molecule has 3 nitrogen and oxygen atoms in total. The summed E-state index contributed by atoms with van der Waals surface area (Å²) in [5.41, 5.74) is 3.02. The molecule has 1 aromatic heterocycles. The summed E-state index contributed by atoms with van der Waals surface area (Å²) >= 11 is 0. The number of rotatable bonds is 3. The van der Waals surface area contributed by atoms with Crippen molar-refractivity contribution in [2.75, 3.05) is 5.32 Å². The fraction of sp³-hybridized carbons (Fsp3) is 0.375. The molecule has 4 heteroatoms. The largest absolute Gasteiger partial charge is 0.366 e. The molecule has 1 heterocycles. The normalized spacial score (nSPS) is 14.4. The summed E-state index contributed by atoms with van der Waals surface area (Å²) in [5.74, 6) is 0.681. The van der Waals surface area contributed by atoms with Crippen molar-refractivity contribution in [3.63, 3.8) is 0 Å². The van der Waals surface area contributed by atoms with Gasteiger partial charge < -0.3 is 5.32 Å². The van der Waals surface area contributed by atoms with Crippen LogP contribution in [0.5, 0.6) is 0 Å². The molecule has 104 valence electrons. The minimum Gasteiger partial charge on any atom is -0.366 e. The van der Waals surface area contributed by atoms with Crippen molar-refractivity contribution >= 4 is 5.82 Å². The Bertz CT molecular complexity index is 598. The van der Waals surface area contributed by atoms with Crippen molar-refractivity contribution in [3.8, 4) is 0 Å². The molecule has 3 rings (SSSR count). The predicted octanol–water partition coefficient (Wildman–Crippen LogP) is 3.50. The van der Waals surface area contributed by atoms with Gasteiger partial charge in [0.15, 0.2) is 0 Å². The molecule has 0 unspecified atom stereocenters. The molecule has 0 saturated carbocycles. The van der Waals surface area contributed by atoms with Gasteiger partial charge in [0.1, 0.15) is 18.0 Å². The first kappa shape index (κ1) is 13.0. The van der Waals surface area contributed by atoms with Gasteiger partial charge in [-0.25, -0.2) is 14.4 Å². The molecular weight excluding hydrogens is 253 g/mol. The number of aromatic nitrogens is 2. The van der Waals surface area contributed by atoms with Crippen molar-refractivity contribution < 1.29 is 4.39 Å². The zero-order valence-corrected chi connectivity index (χ0v) is 11.4. The minimum absolute atomic E-state index is 0.180. The minimum atomic E-state index is -0.180. The van der Waals surface area contributed by atoms with E-state index in [1.54, 1.807) is 18.5 Å². The molecule has 1 aliphatic carbocycles. The third kappa shape index (κ3) is 2.79. The number of hydrogen-bond acceptors (Lipinski definition) is 3. The summed E-state index contributed by atoms with van der Waals surface area (Å²) in [5, 5.41) is 3.27. The van der Waals surface area contributed by atoms with Crippen molar-refractivity contribution in [1.29, 1.82) is 0 Å². The number of nitrogens with zero attached hydrogens (tertiary/aromatic N) is 2. The van der Waals surface area contributed by atoms with Gasteiger partial charge in [0, 0.05) is 23.4 Å². The summed E-state index contributed by atoms with van der Waals surface area (Å²) in [4.78, 5) is 8.72. The van der Waals surface area contributed by atoms with E-state index in [1.807, 2.05) is 6.07 Å². The highest BCUT2D eigenvalue weighted by Gasteiger charge is 2.14. The second kappa shape index (κ2) is 5.99. The molecule has 0 spiro atoms. The van der Waals surface area contributed by atoms with Crippen LogP contribution in [0, 0.1) is 5.82 Å². The molecule has 0 fully saturated rings. The first-order chi connectivity index (χ1) is 9.84. The van der Waals surface area contributed by atoms with E-state index in [0.29, 0.717) is 12.1 Å². The van der Waals surface area contributed by atoms with Gasteiger partial charge in [0.25, 0.3) is 0 Å². The van der Waals surface area contributed by atoms with Crippen molar-refractivity contribution in [3.05, 3.63) is 53.2 Å².